The van der Waals surface area contributed by atoms with Crippen molar-refractivity contribution in [3.8, 4) is 11.8 Å². The second-order valence-electron chi connectivity index (χ2n) is 5.15. The molecule has 0 saturated carbocycles. The topological polar surface area (TPSA) is 99.5 Å². The molecule has 7 nitrogen and oxygen atoms in total. The number of nitrogens with zero attached hydrogens (tertiary/aromatic N) is 2. The zero-order chi connectivity index (χ0) is 18.4. The van der Waals surface area contributed by atoms with Gasteiger partial charge in [0.1, 0.15) is 11.8 Å². The Morgan fingerprint density at radius 2 is 1.96 bits per heavy atom. The number of carbonyl (C=O) groups excluding carboxylic acids is 1. The van der Waals surface area contributed by atoms with E-state index in [1.165, 1.54) is 32.4 Å². The number of nitrogens with one attached hydrogen (secondary N) is 1. The molecule has 2 rings (SSSR count). The average molecular weight is 359 g/mol. The monoisotopic (exact) mass is 359 g/mol. The van der Waals surface area contributed by atoms with Crippen LogP contribution in [-0.2, 0) is 14.8 Å². The third kappa shape index (κ3) is 4.35. The number of carbonyl (C=O) groups is 1. The minimum Gasteiger partial charge on any atom is -0.497 e. The first-order valence-electron chi connectivity index (χ1n) is 7.28. The minimum atomic E-state index is -3.96. The Kier molecular flexibility index (Phi) is 5.75. The van der Waals surface area contributed by atoms with Gasteiger partial charge in [-0.05, 0) is 24.3 Å². The molecule has 0 spiro atoms. The van der Waals surface area contributed by atoms with E-state index in [0.717, 1.165) is 4.31 Å². The third-order valence-electron chi connectivity index (χ3n) is 3.42. The zero-order valence-corrected chi connectivity index (χ0v) is 14.6. The fourth-order valence-corrected chi connectivity index (χ4v) is 3.41. The predicted octanol–water partition coefficient (Wildman–Crippen LogP) is 1.83. The summed E-state index contributed by atoms with van der Waals surface area (Å²) in [6.07, 6.45) is 0. The predicted molar refractivity (Wildman–Crippen MR) is 92.6 cm³/mol. The van der Waals surface area contributed by atoms with Gasteiger partial charge in [0.15, 0.2) is 0 Å². The van der Waals surface area contributed by atoms with Gasteiger partial charge in [0.2, 0.25) is 15.9 Å². The summed E-state index contributed by atoms with van der Waals surface area (Å²) in [6.45, 7) is -0.390. The van der Waals surface area contributed by atoms with Crippen LogP contribution in [-0.4, -0.2) is 39.3 Å². The maximum atomic E-state index is 12.6. The van der Waals surface area contributed by atoms with Crippen LogP contribution in [0.2, 0.25) is 0 Å². The van der Waals surface area contributed by atoms with Crippen molar-refractivity contribution >= 4 is 21.6 Å². The smallest absolute Gasteiger partial charge is 0.244 e. The van der Waals surface area contributed by atoms with E-state index in [-0.39, 0.29) is 17.0 Å². The van der Waals surface area contributed by atoms with Gasteiger partial charge in [-0.1, -0.05) is 18.2 Å². The lowest BCUT2D eigenvalue weighted by atomic mass is 10.2. The highest BCUT2D eigenvalue weighted by molar-refractivity contribution is 7.89. The van der Waals surface area contributed by atoms with E-state index in [0.29, 0.717) is 11.4 Å². The molecule has 0 aliphatic carbocycles. The molecule has 0 bridgehead atoms. The number of anilines is 1. The van der Waals surface area contributed by atoms with E-state index in [2.05, 4.69) is 5.32 Å². The number of ether oxygens (including phenoxy) is 1. The van der Waals surface area contributed by atoms with E-state index in [1.807, 2.05) is 6.07 Å². The van der Waals surface area contributed by atoms with Crippen LogP contribution in [0.5, 0.6) is 5.75 Å². The van der Waals surface area contributed by atoms with Crippen molar-refractivity contribution in [1.82, 2.24) is 4.31 Å². The molecule has 0 aliphatic rings. The van der Waals surface area contributed by atoms with Crippen molar-refractivity contribution in [3.63, 3.8) is 0 Å². The summed E-state index contributed by atoms with van der Waals surface area (Å²) in [5, 5.41) is 11.7. The molecule has 0 heterocycles. The van der Waals surface area contributed by atoms with Crippen LogP contribution >= 0.6 is 0 Å². The maximum absolute atomic E-state index is 12.6. The maximum Gasteiger partial charge on any atom is 0.244 e. The zero-order valence-electron chi connectivity index (χ0n) is 13.8. The van der Waals surface area contributed by atoms with Crippen LogP contribution in [0.15, 0.2) is 53.4 Å². The van der Waals surface area contributed by atoms with Gasteiger partial charge in [-0.25, -0.2) is 8.42 Å². The Hall–Kier alpha value is -2.89. The highest BCUT2D eigenvalue weighted by Gasteiger charge is 2.25. The third-order valence-corrected chi connectivity index (χ3v) is 5.28. The summed E-state index contributed by atoms with van der Waals surface area (Å²) in [6, 6.07) is 14.4. The van der Waals surface area contributed by atoms with E-state index < -0.39 is 15.9 Å². The van der Waals surface area contributed by atoms with Gasteiger partial charge < -0.3 is 10.1 Å². The quantitative estimate of drug-likeness (QED) is 0.848. The first-order valence-corrected chi connectivity index (χ1v) is 8.72. The van der Waals surface area contributed by atoms with Crippen LogP contribution in [0.25, 0.3) is 0 Å². The van der Waals surface area contributed by atoms with Crippen LogP contribution < -0.4 is 10.1 Å². The van der Waals surface area contributed by atoms with Crippen molar-refractivity contribution < 1.29 is 17.9 Å². The van der Waals surface area contributed by atoms with Gasteiger partial charge in [-0.2, -0.15) is 9.57 Å². The van der Waals surface area contributed by atoms with Crippen LogP contribution in [0.4, 0.5) is 5.69 Å². The summed E-state index contributed by atoms with van der Waals surface area (Å²) in [4.78, 5) is 12.0. The molecule has 130 valence electrons. The molecule has 0 fully saturated rings. The summed E-state index contributed by atoms with van der Waals surface area (Å²) in [5.41, 5.74) is 0.523. The molecule has 1 amide bonds. The highest BCUT2D eigenvalue weighted by atomic mass is 32.2. The van der Waals surface area contributed by atoms with E-state index in [9.17, 15) is 13.2 Å². The molecule has 0 radical (unpaired) electrons. The van der Waals surface area contributed by atoms with Crippen LogP contribution in [0.1, 0.15) is 5.56 Å². The fraction of sp³-hybridized carbons (Fsp3) is 0.176. The van der Waals surface area contributed by atoms with Crippen molar-refractivity contribution in [2.24, 2.45) is 0 Å². The molecule has 0 aliphatic heterocycles. The number of methoxy groups -OCH3 is 1. The first-order chi connectivity index (χ1) is 11.9. The summed E-state index contributed by atoms with van der Waals surface area (Å²) >= 11 is 0. The van der Waals surface area contributed by atoms with Crippen LogP contribution in [0.3, 0.4) is 0 Å². The summed E-state index contributed by atoms with van der Waals surface area (Å²) in [7, 11) is -1.16. The standard InChI is InChI=1S/C17H17N3O4S/c1-20(25(22,23)16-9-4-3-6-13(16)11-18)12-17(21)19-14-7-5-8-15(10-14)24-2/h3-10H,12H2,1-2H3,(H,19,21). The molecular formula is C17H17N3O4S. The summed E-state index contributed by atoms with van der Waals surface area (Å²) < 4.78 is 31.1. The van der Waals surface area contributed by atoms with Gasteiger partial charge in [-0.15, -0.1) is 0 Å². The van der Waals surface area contributed by atoms with Gasteiger partial charge in [0.05, 0.1) is 24.1 Å². The molecule has 0 saturated heterocycles. The molecule has 2 aromatic carbocycles. The van der Waals surface area contributed by atoms with Crippen molar-refractivity contribution in [2.75, 3.05) is 26.0 Å². The lowest BCUT2D eigenvalue weighted by Gasteiger charge is -2.17. The summed E-state index contributed by atoms with van der Waals surface area (Å²) in [5.74, 6) is 0.0653. The van der Waals surface area contributed by atoms with Crippen LogP contribution in [0, 0.1) is 11.3 Å². The number of amides is 1. The lowest BCUT2D eigenvalue weighted by Crippen LogP contribution is -2.35. The Balaban J connectivity index is 2.13. The molecule has 0 aromatic heterocycles. The van der Waals surface area contributed by atoms with Gasteiger partial charge in [0.25, 0.3) is 0 Å². The van der Waals surface area contributed by atoms with Crippen molar-refractivity contribution in [2.45, 2.75) is 4.90 Å². The molecule has 0 atom stereocenters. The molecule has 25 heavy (non-hydrogen) atoms. The number of hydrogen-bond donors (Lipinski definition) is 1. The van der Waals surface area contributed by atoms with Crippen molar-refractivity contribution in [1.29, 1.82) is 5.26 Å². The number of likely N-dealkylation sites (N-methyl/N-ethyl adjacent to an activating group) is 1. The number of rotatable bonds is 6. The fourth-order valence-electron chi connectivity index (χ4n) is 2.14. The average Bonchev–Trinajstić information content (AvgIpc) is 2.61. The molecule has 1 N–H and O–H groups in total. The molecule has 0 unspecified atom stereocenters. The number of hydrogen-bond acceptors (Lipinski definition) is 5. The van der Waals surface area contributed by atoms with E-state index in [4.69, 9.17) is 10.00 Å². The number of sulfonamides is 1. The van der Waals surface area contributed by atoms with Crippen molar-refractivity contribution in [3.05, 3.63) is 54.1 Å². The van der Waals surface area contributed by atoms with E-state index in [1.54, 1.807) is 30.3 Å². The Morgan fingerprint density at radius 1 is 1.24 bits per heavy atom. The highest BCUT2D eigenvalue weighted by Crippen LogP contribution is 2.19. The largest absolute Gasteiger partial charge is 0.497 e. The van der Waals surface area contributed by atoms with Gasteiger partial charge in [0, 0.05) is 18.8 Å². The second kappa shape index (κ2) is 7.79. The second-order valence-corrected chi connectivity index (χ2v) is 7.16. The SMILES string of the molecule is COc1cccc(NC(=O)CN(C)S(=O)(=O)c2ccccc2C#N)c1. The Morgan fingerprint density at radius 3 is 2.64 bits per heavy atom. The number of benzene rings is 2. The molecule has 2 aromatic rings. The van der Waals surface area contributed by atoms with Gasteiger partial charge in [-0.3, -0.25) is 4.79 Å². The normalized spacial score (nSPS) is 11.0. The Bertz CT molecular complexity index is 919. The van der Waals surface area contributed by atoms with Gasteiger partial charge >= 0.3 is 0 Å². The first kappa shape index (κ1) is 18.4. The number of nitriles is 1. The Labute approximate surface area is 146 Å². The molecule has 8 heteroatoms. The minimum absolute atomic E-state index is 0.0301. The molecular weight excluding hydrogens is 342 g/mol. The lowest BCUT2D eigenvalue weighted by molar-refractivity contribution is -0.116. The van der Waals surface area contributed by atoms with E-state index >= 15 is 0 Å².